The number of carbonyl (C=O) groups excluding carboxylic acids is 2. The Hall–Kier alpha value is -3.42. The van der Waals surface area contributed by atoms with Crippen LogP contribution in [0.5, 0.6) is 11.5 Å². The number of hydrogen-bond acceptors (Lipinski definition) is 8. The van der Waals surface area contributed by atoms with Crippen LogP contribution in [0.3, 0.4) is 0 Å². The highest BCUT2D eigenvalue weighted by Gasteiger charge is 2.26. The van der Waals surface area contributed by atoms with Crippen LogP contribution < -0.4 is 9.47 Å². The lowest BCUT2D eigenvalue weighted by atomic mass is 10.0. The van der Waals surface area contributed by atoms with Crippen molar-refractivity contribution in [3.8, 4) is 11.5 Å². The number of cyclic esters (lactones) is 4. The summed E-state index contributed by atoms with van der Waals surface area (Å²) in [4.78, 5) is 21.9. The zero-order valence-electron chi connectivity index (χ0n) is 15.6. The van der Waals surface area contributed by atoms with Gasteiger partial charge in [0.1, 0.15) is 37.9 Å². The Morgan fingerprint density at radius 2 is 1.41 bits per heavy atom. The van der Waals surface area contributed by atoms with Crippen molar-refractivity contribution in [2.45, 2.75) is 18.6 Å². The quantitative estimate of drug-likeness (QED) is 0.625. The Morgan fingerprint density at radius 3 is 2.03 bits per heavy atom. The smallest absolute Gasteiger partial charge is 0.490 e. The molecule has 2 aromatic rings. The third-order valence-corrected chi connectivity index (χ3v) is 4.45. The van der Waals surface area contributed by atoms with Crippen molar-refractivity contribution in [1.29, 1.82) is 0 Å². The van der Waals surface area contributed by atoms with E-state index in [1.54, 1.807) is 0 Å². The fourth-order valence-electron chi connectivity index (χ4n) is 2.98. The molecule has 2 unspecified atom stereocenters. The Bertz CT molecular complexity index is 863. The predicted octanol–water partition coefficient (Wildman–Crippen LogP) is 3.11. The average Bonchev–Trinajstić information content (AvgIpc) is 3.34. The minimum Gasteiger partial charge on any atom is -0.490 e. The first-order valence-electron chi connectivity index (χ1n) is 9.25. The molecule has 8 heteroatoms. The predicted molar refractivity (Wildman–Crippen MR) is 99.1 cm³/mol. The van der Waals surface area contributed by atoms with E-state index in [9.17, 15) is 9.59 Å². The molecule has 8 nitrogen and oxygen atoms in total. The molecule has 4 rings (SSSR count). The molecule has 0 aliphatic carbocycles. The maximum absolute atomic E-state index is 11.0. The van der Waals surface area contributed by atoms with E-state index in [4.69, 9.17) is 28.4 Å². The van der Waals surface area contributed by atoms with Crippen LogP contribution in [-0.2, 0) is 25.4 Å². The summed E-state index contributed by atoms with van der Waals surface area (Å²) in [6, 6.07) is 15.4. The van der Waals surface area contributed by atoms with Crippen LogP contribution in [-0.4, -0.2) is 50.9 Å². The number of para-hydroxylation sites is 1. The molecule has 0 N–H and O–H groups in total. The summed E-state index contributed by atoms with van der Waals surface area (Å²) in [6.45, 7) is 0.900. The maximum Gasteiger partial charge on any atom is 0.508 e. The molecule has 2 fully saturated rings. The Morgan fingerprint density at radius 1 is 0.793 bits per heavy atom. The summed E-state index contributed by atoms with van der Waals surface area (Å²) in [5, 5.41) is 0. The van der Waals surface area contributed by atoms with Crippen molar-refractivity contribution >= 4 is 12.3 Å². The molecule has 2 aliphatic rings. The van der Waals surface area contributed by atoms with Crippen molar-refractivity contribution in [3.05, 3.63) is 59.7 Å². The third-order valence-electron chi connectivity index (χ3n) is 4.45. The average molecular weight is 400 g/mol. The van der Waals surface area contributed by atoms with E-state index in [2.05, 4.69) is 0 Å². The van der Waals surface area contributed by atoms with Gasteiger partial charge in [0.15, 0.2) is 12.2 Å². The zero-order valence-corrected chi connectivity index (χ0v) is 15.6. The highest BCUT2D eigenvalue weighted by molar-refractivity contribution is 5.62. The molecular weight excluding hydrogens is 380 g/mol. The standard InChI is InChI=1S/C21H20O8/c22-20-26-12-17(28-20)10-24-16-7-5-14(6-8-16)9-15-3-1-2-4-19(15)25-11-18-13-27-21(23)29-18/h1-8,17-18H,9-13H2. The minimum absolute atomic E-state index is 0.203. The first kappa shape index (κ1) is 18.9. The van der Waals surface area contributed by atoms with Gasteiger partial charge in [0.05, 0.1) is 0 Å². The molecule has 0 spiro atoms. The topological polar surface area (TPSA) is 89.5 Å². The summed E-state index contributed by atoms with van der Waals surface area (Å²) < 4.78 is 30.9. The van der Waals surface area contributed by atoms with Gasteiger partial charge >= 0.3 is 12.3 Å². The van der Waals surface area contributed by atoms with Crippen molar-refractivity contribution in [3.63, 3.8) is 0 Å². The first-order valence-corrected chi connectivity index (χ1v) is 9.25. The molecule has 2 heterocycles. The van der Waals surface area contributed by atoms with Gasteiger partial charge in [-0.2, -0.15) is 0 Å². The van der Waals surface area contributed by atoms with E-state index in [1.807, 2.05) is 48.5 Å². The third kappa shape index (κ3) is 5.10. The van der Waals surface area contributed by atoms with E-state index in [1.165, 1.54) is 0 Å². The molecule has 2 saturated heterocycles. The molecule has 2 atom stereocenters. The zero-order chi connectivity index (χ0) is 20.1. The largest absolute Gasteiger partial charge is 0.508 e. The second kappa shape index (κ2) is 8.72. The van der Waals surface area contributed by atoms with E-state index in [-0.39, 0.29) is 32.5 Å². The molecule has 0 radical (unpaired) electrons. The minimum atomic E-state index is -0.659. The van der Waals surface area contributed by atoms with Crippen LogP contribution in [0.4, 0.5) is 9.59 Å². The van der Waals surface area contributed by atoms with Crippen LogP contribution in [0.2, 0.25) is 0 Å². The summed E-state index contributed by atoms with van der Waals surface area (Å²) in [5.41, 5.74) is 2.10. The van der Waals surface area contributed by atoms with Crippen LogP contribution in [0, 0.1) is 0 Å². The van der Waals surface area contributed by atoms with E-state index >= 15 is 0 Å². The van der Waals surface area contributed by atoms with Gasteiger partial charge < -0.3 is 28.4 Å². The lowest BCUT2D eigenvalue weighted by Crippen LogP contribution is -2.20. The highest BCUT2D eigenvalue weighted by Crippen LogP contribution is 2.24. The van der Waals surface area contributed by atoms with E-state index < -0.39 is 18.4 Å². The van der Waals surface area contributed by atoms with Crippen LogP contribution >= 0.6 is 0 Å². The van der Waals surface area contributed by atoms with Gasteiger partial charge in [-0.15, -0.1) is 0 Å². The van der Waals surface area contributed by atoms with Gasteiger partial charge in [-0.3, -0.25) is 0 Å². The van der Waals surface area contributed by atoms with Crippen molar-refractivity contribution in [1.82, 2.24) is 0 Å². The van der Waals surface area contributed by atoms with E-state index in [0.29, 0.717) is 12.2 Å². The number of rotatable bonds is 8. The van der Waals surface area contributed by atoms with Crippen LogP contribution in [0.1, 0.15) is 11.1 Å². The van der Waals surface area contributed by atoms with E-state index in [0.717, 1.165) is 16.9 Å². The second-order valence-electron chi connectivity index (χ2n) is 6.65. The van der Waals surface area contributed by atoms with Crippen molar-refractivity contribution in [2.24, 2.45) is 0 Å². The lowest BCUT2D eigenvalue weighted by Gasteiger charge is -2.14. The number of benzene rings is 2. The fourth-order valence-corrected chi connectivity index (χ4v) is 2.98. The summed E-state index contributed by atoms with van der Waals surface area (Å²) >= 11 is 0. The SMILES string of the molecule is O=C1OCC(COc2ccc(Cc3ccccc3OCC3COC(=O)O3)cc2)O1. The van der Waals surface area contributed by atoms with Crippen LogP contribution in [0.25, 0.3) is 0 Å². The summed E-state index contributed by atoms with van der Waals surface area (Å²) in [6.07, 6.45) is -1.42. The molecule has 29 heavy (non-hydrogen) atoms. The van der Waals surface area contributed by atoms with Gasteiger partial charge in [0, 0.05) is 6.42 Å². The normalized spacial score (nSPS) is 20.4. The maximum atomic E-state index is 11.0. The molecular formula is C21H20O8. The number of hydrogen-bond donors (Lipinski definition) is 0. The van der Waals surface area contributed by atoms with Gasteiger partial charge in [-0.25, -0.2) is 9.59 Å². The van der Waals surface area contributed by atoms with Crippen LogP contribution in [0.15, 0.2) is 48.5 Å². The number of ether oxygens (including phenoxy) is 6. The van der Waals surface area contributed by atoms with Crippen molar-refractivity contribution < 1.29 is 38.0 Å². The molecule has 2 aliphatic heterocycles. The summed E-state index contributed by atoms with van der Waals surface area (Å²) in [7, 11) is 0. The Labute approximate surface area is 167 Å². The number of carbonyl (C=O) groups is 2. The lowest BCUT2D eigenvalue weighted by molar-refractivity contribution is 0.0976. The van der Waals surface area contributed by atoms with Crippen molar-refractivity contribution in [2.75, 3.05) is 26.4 Å². The Balaban J connectivity index is 1.31. The molecule has 0 bridgehead atoms. The molecule has 0 aromatic heterocycles. The fraction of sp³-hybridized carbons (Fsp3) is 0.333. The molecule has 2 aromatic carbocycles. The monoisotopic (exact) mass is 400 g/mol. The van der Waals surface area contributed by atoms with Gasteiger partial charge in [0.25, 0.3) is 0 Å². The molecule has 0 saturated carbocycles. The Kier molecular flexibility index (Phi) is 5.69. The second-order valence-corrected chi connectivity index (χ2v) is 6.65. The van der Waals surface area contributed by atoms with Gasteiger partial charge in [0.2, 0.25) is 0 Å². The first-order chi connectivity index (χ1) is 14.2. The molecule has 152 valence electrons. The highest BCUT2D eigenvalue weighted by atomic mass is 16.8. The summed E-state index contributed by atoms with van der Waals surface area (Å²) in [5.74, 6) is 1.42. The van der Waals surface area contributed by atoms with Gasteiger partial charge in [-0.1, -0.05) is 30.3 Å². The van der Waals surface area contributed by atoms with Gasteiger partial charge in [-0.05, 0) is 29.3 Å². The molecule has 0 amide bonds.